The summed E-state index contributed by atoms with van der Waals surface area (Å²) in [5.74, 6) is 0. The highest BCUT2D eigenvalue weighted by molar-refractivity contribution is 6.14. The van der Waals surface area contributed by atoms with Crippen LogP contribution in [0.3, 0.4) is 0 Å². The van der Waals surface area contributed by atoms with Crippen molar-refractivity contribution < 1.29 is 8.83 Å². The number of para-hydroxylation sites is 3. The lowest BCUT2D eigenvalue weighted by Gasteiger charge is -2.28. The van der Waals surface area contributed by atoms with E-state index in [1.54, 1.807) is 0 Å². The van der Waals surface area contributed by atoms with Gasteiger partial charge in [0.1, 0.15) is 22.3 Å². The predicted molar refractivity (Wildman–Crippen MR) is 247 cm³/mol. The summed E-state index contributed by atoms with van der Waals surface area (Å²) in [6.45, 7) is 0. The van der Waals surface area contributed by atoms with Crippen molar-refractivity contribution >= 4 is 82.5 Å². The molecule has 0 spiro atoms. The van der Waals surface area contributed by atoms with Gasteiger partial charge in [0.2, 0.25) is 0 Å². The third-order valence-corrected chi connectivity index (χ3v) is 11.9. The van der Waals surface area contributed by atoms with Gasteiger partial charge in [-0.2, -0.15) is 0 Å². The molecular formula is C56H35NO2. The van der Waals surface area contributed by atoms with Crippen molar-refractivity contribution in [2.24, 2.45) is 0 Å². The summed E-state index contributed by atoms with van der Waals surface area (Å²) in [6.07, 6.45) is 0. The van der Waals surface area contributed by atoms with E-state index >= 15 is 0 Å². The molecule has 0 unspecified atom stereocenters. The molecular weight excluding hydrogens is 719 g/mol. The Bertz CT molecular complexity index is 3550. The topological polar surface area (TPSA) is 29.5 Å². The lowest BCUT2D eigenvalue weighted by atomic mass is 9.94. The molecule has 12 aromatic rings. The van der Waals surface area contributed by atoms with Crippen LogP contribution in [0.15, 0.2) is 221 Å². The Labute approximate surface area is 340 Å². The molecule has 0 aliphatic heterocycles. The normalized spacial score (nSPS) is 11.7. The molecule has 3 heteroatoms. The molecule has 0 aliphatic rings. The summed E-state index contributed by atoms with van der Waals surface area (Å²) < 4.78 is 12.7. The van der Waals surface area contributed by atoms with Crippen LogP contribution in [0.4, 0.5) is 17.1 Å². The average Bonchev–Trinajstić information content (AvgIpc) is 3.88. The van der Waals surface area contributed by atoms with E-state index in [4.69, 9.17) is 8.83 Å². The fraction of sp³-hybridized carbons (Fsp3) is 0. The number of hydrogen-bond donors (Lipinski definition) is 0. The second-order valence-electron chi connectivity index (χ2n) is 15.2. The Kier molecular flexibility index (Phi) is 7.54. The third kappa shape index (κ3) is 5.44. The lowest BCUT2D eigenvalue weighted by Crippen LogP contribution is -2.10. The number of nitrogens with zero attached hydrogens (tertiary/aromatic N) is 1. The molecule has 0 fully saturated rings. The minimum absolute atomic E-state index is 0.899. The van der Waals surface area contributed by atoms with Crippen molar-refractivity contribution in [1.82, 2.24) is 0 Å². The maximum absolute atomic E-state index is 6.55. The molecule has 0 bridgehead atoms. The van der Waals surface area contributed by atoms with E-state index in [9.17, 15) is 0 Å². The van der Waals surface area contributed by atoms with Gasteiger partial charge in [0, 0.05) is 43.9 Å². The lowest BCUT2D eigenvalue weighted by molar-refractivity contribution is 0.669. The largest absolute Gasteiger partial charge is 0.456 e. The minimum Gasteiger partial charge on any atom is -0.456 e. The molecule has 276 valence electrons. The molecule has 0 saturated carbocycles. The molecule has 0 N–H and O–H groups in total. The Morgan fingerprint density at radius 2 is 0.831 bits per heavy atom. The van der Waals surface area contributed by atoms with Crippen molar-refractivity contribution in [2.75, 3.05) is 4.90 Å². The van der Waals surface area contributed by atoms with Crippen LogP contribution in [0.25, 0.3) is 98.8 Å². The molecule has 0 atom stereocenters. The predicted octanol–water partition coefficient (Wildman–Crippen LogP) is 16.3. The maximum Gasteiger partial charge on any atom is 0.143 e. The van der Waals surface area contributed by atoms with Gasteiger partial charge >= 0.3 is 0 Å². The maximum atomic E-state index is 6.55. The summed E-state index contributed by atoms with van der Waals surface area (Å²) in [7, 11) is 0. The number of anilines is 3. The minimum atomic E-state index is 0.899. The van der Waals surface area contributed by atoms with Crippen molar-refractivity contribution in [2.45, 2.75) is 0 Å². The molecule has 10 aromatic carbocycles. The van der Waals surface area contributed by atoms with Crippen LogP contribution < -0.4 is 4.90 Å². The highest BCUT2D eigenvalue weighted by Gasteiger charge is 2.20. The second-order valence-corrected chi connectivity index (χ2v) is 15.2. The van der Waals surface area contributed by atoms with Gasteiger partial charge in [-0.1, -0.05) is 158 Å². The van der Waals surface area contributed by atoms with Gasteiger partial charge in [-0.05, 0) is 98.6 Å². The number of benzene rings is 10. The van der Waals surface area contributed by atoms with E-state index in [2.05, 4.69) is 193 Å². The monoisotopic (exact) mass is 753 g/mol. The Morgan fingerprint density at radius 3 is 1.61 bits per heavy atom. The molecule has 2 aromatic heterocycles. The van der Waals surface area contributed by atoms with Crippen LogP contribution in [0.5, 0.6) is 0 Å². The quantitative estimate of drug-likeness (QED) is 0.169. The first kappa shape index (κ1) is 33.3. The molecule has 0 amide bonds. The van der Waals surface area contributed by atoms with Gasteiger partial charge in [-0.15, -0.1) is 0 Å². The summed E-state index contributed by atoms with van der Waals surface area (Å²) in [5.41, 5.74) is 13.8. The summed E-state index contributed by atoms with van der Waals surface area (Å²) >= 11 is 0. The number of hydrogen-bond acceptors (Lipinski definition) is 3. The zero-order chi connectivity index (χ0) is 38.9. The highest BCUT2D eigenvalue weighted by atomic mass is 16.3. The van der Waals surface area contributed by atoms with Crippen molar-refractivity contribution in [1.29, 1.82) is 0 Å². The Balaban J connectivity index is 1.01. The summed E-state index contributed by atoms with van der Waals surface area (Å²) in [6, 6.07) is 75.8. The molecule has 59 heavy (non-hydrogen) atoms. The van der Waals surface area contributed by atoms with Crippen molar-refractivity contribution in [3.8, 4) is 33.4 Å². The SMILES string of the molecule is c1ccc2c(-c3ccc(N(c4ccc(-c5ccc6oc7ccccc7c6c5)cc4)c4ccc(-c5cccc6c5oc5ccccc56)c5ccccc45)cc3)cccc2c1. The standard InChI is InChI=1S/C56H35NO2/c1-2-13-42-37(11-1)12-9-18-43(42)38-25-30-41(31-26-38)57(40-28-23-36(24-29-40)39-27-34-55-51(35-39)48-17-6-7-21-53(48)58-55)52-33-32-45(44-14-3-4-15-46(44)52)49-19-10-20-50-47-16-5-8-22-54(47)59-56(49)50/h1-35H. The van der Waals surface area contributed by atoms with Crippen molar-refractivity contribution in [3.05, 3.63) is 212 Å². The average molecular weight is 754 g/mol. The highest BCUT2D eigenvalue weighted by Crippen LogP contribution is 2.45. The van der Waals surface area contributed by atoms with E-state index in [0.29, 0.717) is 0 Å². The fourth-order valence-corrected chi connectivity index (χ4v) is 9.08. The fourth-order valence-electron chi connectivity index (χ4n) is 9.08. The first-order valence-corrected chi connectivity index (χ1v) is 20.1. The van der Waals surface area contributed by atoms with Gasteiger partial charge in [-0.3, -0.25) is 0 Å². The van der Waals surface area contributed by atoms with Gasteiger partial charge in [0.25, 0.3) is 0 Å². The van der Waals surface area contributed by atoms with Crippen LogP contribution in [0.2, 0.25) is 0 Å². The third-order valence-electron chi connectivity index (χ3n) is 11.9. The van der Waals surface area contributed by atoms with Gasteiger partial charge in [-0.25, -0.2) is 0 Å². The molecule has 12 rings (SSSR count). The number of fused-ring (bicyclic) bond motifs is 8. The van der Waals surface area contributed by atoms with Gasteiger partial charge < -0.3 is 13.7 Å². The summed E-state index contributed by atoms with van der Waals surface area (Å²) in [5, 5.41) is 9.30. The molecule has 0 aliphatic carbocycles. The number of rotatable bonds is 6. The smallest absolute Gasteiger partial charge is 0.143 e. The van der Waals surface area contributed by atoms with E-state index in [0.717, 1.165) is 94.0 Å². The zero-order valence-electron chi connectivity index (χ0n) is 32.0. The van der Waals surface area contributed by atoms with Crippen LogP contribution in [0.1, 0.15) is 0 Å². The zero-order valence-corrected chi connectivity index (χ0v) is 32.0. The second kappa shape index (κ2) is 13.4. The first-order valence-electron chi connectivity index (χ1n) is 20.1. The van der Waals surface area contributed by atoms with Gasteiger partial charge in [0.05, 0.1) is 5.69 Å². The van der Waals surface area contributed by atoms with E-state index in [-0.39, 0.29) is 0 Å². The van der Waals surface area contributed by atoms with Crippen LogP contribution in [0, 0.1) is 0 Å². The molecule has 0 saturated heterocycles. The first-order chi connectivity index (χ1) is 29.2. The van der Waals surface area contributed by atoms with Gasteiger partial charge in [0.15, 0.2) is 0 Å². The molecule has 0 radical (unpaired) electrons. The van der Waals surface area contributed by atoms with E-state index < -0.39 is 0 Å². The number of furan rings is 2. The van der Waals surface area contributed by atoms with Crippen LogP contribution in [-0.4, -0.2) is 0 Å². The van der Waals surface area contributed by atoms with Crippen LogP contribution >= 0.6 is 0 Å². The van der Waals surface area contributed by atoms with E-state index in [1.807, 2.05) is 24.3 Å². The van der Waals surface area contributed by atoms with Crippen molar-refractivity contribution in [3.63, 3.8) is 0 Å². The molecule has 3 nitrogen and oxygen atoms in total. The Hall–Kier alpha value is -7.88. The summed E-state index contributed by atoms with van der Waals surface area (Å²) in [4.78, 5) is 2.39. The van der Waals surface area contributed by atoms with Crippen LogP contribution in [-0.2, 0) is 0 Å². The van der Waals surface area contributed by atoms with E-state index in [1.165, 1.54) is 21.9 Å². The molecule has 2 heterocycles. The Morgan fingerprint density at radius 1 is 0.288 bits per heavy atom.